The van der Waals surface area contributed by atoms with E-state index >= 15 is 0 Å². The Balaban J connectivity index is 0. The summed E-state index contributed by atoms with van der Waals surface area (Å²) >= 11 is -0.841. The van der Waals surface area contributed by atoms with Gasteiger partial charge in [-0.3, -0.25) is 0 Å². The Morgan fingerprint density at radius 1 is 1.29 bits per heavy atom. The van der Waals surface area contributed by atoms with Gasteiger partial charge in [0, 0.05) is 0 Å². The van der Waals surface area contributed by atoms with E-state index in [9.17, 15) is 0 Å². The van der Waals surface area contributed by atoms with Crippen LogP contribution in [0.1, 0.15) is 0 Å². The molecule has 0 bridgehead atoms. The molecule has 0 nitrogen and oxygen atoms in total. The van der Waals surface area contributed by atoms with Crippen LogP contribution < -0.4 is 0 Å². The Bertz CT molecular complexity index is 20.9. The van der Waals surface area contributed by atoms with Gasteiger partial charge < -0.3 is 0 Å². The second kappa shape index (κ2) is 10.8. The van der Waals surface area contributed by atoms with Crippen LogP contribution >= 0.6 is 8.92 Å². The molecule has 0 N–H and O–H groups in total. The van der Waals surface area contributed by atoms with E-state index in [-0.39, 0.29) is 20.0 Å². The summed E-state index contributed by atoms with van der Waals surface area (Å²) in [5, 5.41) is 0. The van der Waals surface area contributed by atoms with E-state index in [0.29, 0.717) is 0 Å². The molecule has 43 valence electrons. The normalized spacial score (nSPS) is 7.71. The summed E-state index contributed by atoms with van der Waals surface area (Å²) in [7, 11) is 5.17. The first kappa shape index (κ1) is 11.7. The van der Waals surface area contributed by atoms with Crippen molar-refractivity contribution in [2.75, 3.05) is 0 Å². The van der Waals surface area contributed by atoms with Crippen LogP contribution in [0.3, 0.4) is 0 Å². The van der Waals surface area contributed by atoms with Gasteiger partial charge in [-0.25, -0.2) is 0 Å². The van der Waals surface area contributed by atoms with Crippen LogP contribution in [-0.2, 0) is 0 Å². The van der Waals surface area contributed by atoms with Gasteiger partial charge in [0.05, 0.1) is 0 Å². The maximum atomic E-state index is 5.17. The fourth-order valence-corrected chi connectivity index (χ4v) is 0. The summed E-state index contributed by atoms with van der Waals surface area (Å²) < 4.78 is 0. The molecule has 7 heavy (non-hydrogen) atoms. The van der Waals surface area contributed by atoms with E-state index in [4.69, 9.17) is 8.92 Å². The van der Waals surface area contributed by atoms with Crippen LogP contribution in [-0.4, -0.2) is 39.8 Å². The monoisotopic (exact) mass is 335 g/mol. The molecule has 0 atom stereocenters. The van der Waals surface area contributed by atoms with Crippen molar-refractivity contribution < 1.29 is 0 Å². The van der Waals surface area contributed by atoms with Crippen LogP contribution in [0.15, 0.2) is 0 Å². The van der Waals surface area contributed by atoms with Crippen molar-refractivity contribution in [3.63, 3.8) is 0 Å². The molecule has 0 aliphatic heterocycles. The van der Waals surface area contributed by atoms with Crippen molar-refractivity contribution in [3.05, 3.63) is 0 Å². The molecule has 0 fully saturated rings. The van der Waals surface area contributed by atoms with Gasteiger partial charge in [0.15, 0.2) is 0 Å². The second-order valence-electron chi connectivity index (χ2n) is 1.69. The molecule has 0 aromatic carbocycles. The fourth-order valence-electron chi connectivity index (χ4n) is 0. The van der Waals surface area contributed by atoms with Crippen LogP contribution in [0, 0.1) is 0 Å². The Morgan fingerprint density at radius 3 is 1.29 bits per heavy atom. The average molecular weight is 333 g/mol. The van der Waals surface area contributed by atoms with Crippen molar-refractivity contribution in [2.45, 2.75) is 19.8 Å². The molecule has 0 saturated heterocycles. The van der Waals surface area contributed by atoms with Gasteiger partial charge in [0.2, 0.25) is 0 Å². The van der Waals surface area contributed by atoms with E-state index in [2.05, 4.69) is 19.8 Å². The zero-order valence-corrected chi connectivity index (χ0v) is 11.8. The van der Waals surface area contributed by atoms with Crippen molar-refractivity contribution in [1.29, 1.82) is 0 Å². The van der Waals surface area contributed by atoms with Crippen molar-refractivity contribution in [1.82, 2.24) is 0 Å². The molecule has 0 aromatic rings. The summed E-state index contributed by atoms with van der Waals surface area (Å²) in [6.07, 6.45) is 0. The third-order valence-electron chi connectivity index (χ3n) is 0. The quantitative estimate of drug-likeness (QED) is 0.597. The Morgan fingerprint density at radius 2 is 1.29 bits per heavy atom. The predicted molar refractivity (Wildman–Crippen MR) is 40.8 cm³/mol. The van der Waals surface area contributed by atoms with Crippen molar-refractivity contribution in [2.24, 2.45) is 0 Å². The maximum absolute atomic E-state index is 5.17. The molecule has 0 rings (SSSR count). The van der Waals surface area contributed by atoms with Gasteiger partial charge in [-0.2, -0.15) is 0 Å². The number of rotatable bonds is 0. The molecule has 0 unspecified atom stereocenters. The van der Waals surface area contributed by atoms with Crippen molar-refractivity contribution >= 4 is 48.7 Å². The van der Waals surface area contributed by atoms with Crippen LogP contribution in [0.5, 0.6) is 0 Å². The SMILES string of the molecule is [CH3][Sn]([CH3])[CH3].[CH3][Sn][Cl]. The summed E-state index contributed by atoms with van der Waals surface area (Å²) in [6.45, 7) is 0. The van der Waals surface area contributed by atoms with E-state index in [1.165, 1.54) is 0 Å². The minimum absolute atomic E-state index is 0.298. The molecule has 3 radical (unpaired) electrons. The minimum atomic E-state index is -0.543. The Kier molecular flexibility index (Phi) is 18.0. The third-order valence-corrected chi connectivity index (χ3v) is 0. The summed E-state index contributed by atoms with van der Waals surface area (Å²) in [5.41, 5.74) is 0. The molecule has 0 aliphatic rings. The molecular weight excluding hydrogens is 321 g/mol. The number of halogens is 1. The van der Waals surface area contributed by atoms with Gasteiger partial charge in [0.25, 0.3) is 0 Å². The molecule has 0 aliphatic carbocycles. The topological polar surface area (TPSA) is 0 Å². The molecule has 0 heterocycles. The standard InChI is InChI=1S/4CH3.ClH.2Sn/h4*1H3;1H;;/q;;;;;;+1/p-1. The molecule has 0 spiro atoms. The molecule has 0 saturated carbocycles. The number of hydrogen-bond donors (Lipinski definition) is 0. The van der Waals surface area contributed by atoms with E-state index in [0.717, 1.165) is 0 Å². The fraction of sp³-hybridized carbons (Fsp3) is 1.00. The summed E-state index contributed by atoms with van der Waals surface area (Å²) in [5.74, 6) is 0. The number of hydrogen-bond acceptors (Lipinski definition) is 0. The van der Waals surface area contributed by atoms with Crippen LogP contribution in [0.2, 0.25) is 19.8 Å². The first-order valence-electron chi connectivity index (χ1n) is 2.19. The van der Waals surface area contributed by atoms with E-state index < -0.39 is 19.8 Å². The molecule has 0 aromatic heterocycles. The van der Waals surface area contributed by atoms with Crippen LogP contribution in [0.25, 0.3) is 0 Å². The van der Waals surface area contributed by atoms with E-state index in [1.54, 1.807) is 0 Å². The first-order valence-corrected chi connectivity index (χ1v) is 17.2. The molecule has 0 amide bonds. The Hall–Kier alpha value is 1.89. The second-order valence-corrected chi connectivity index (χ2v) is 13.9. The van der Waals surface area contributed by atoms with Gasteiger partial charge in [-0.1, -0.05) is 0 Å². The third kappa shape index (κ3) is 76.7. The zero-order chi connectivity index (χ0) is 6.28. The van der Waals surface area contributed by atoms with E-state index in [1.807, 2.05) is 0 Å². The average Bonchev–Trinajstić information content (AvgIpc) is 1.33. The van der Waals surface area contributed by atoms with Crippen LogP contribution in [0.4, 0.5) is 0 Å². The molecule has 3 heteroatoms. The van der Waals surface area contributed by atoms with Gasteiger partial charge in [-0.05, 0) is 0 Å². The van der Waals surface area contributed by atoms with Gasteiger partial charge >= 0.3 is 68.5 Å². The predicted octanol–water partition coefficient (Wildman–Crippen LogP) is 2.26. The molecular formula is C4H12ClSn2. The Labute approximate surface area is 67.7 Å². The van der Waals surface area contributed by atoms with Crippen molar-refractivity contribution in [3.8, 4) is 0 Å². The summed E-state index contributed by atoms with van der Waals surface area (Å²) in [4.78, 5) is 9.15. The van der Waals surface area contributed by atoms with Gasteiger partial charge in [0.1, 0.15) is 0 Å². The zero-order valence-electron chi connectivity index (χ0n) is 5.38. The van der Waals surface area contributed by atoms with Gasteiger partial charge in [-0.15, -0.1) is 0 Å². The summed E-state index contributed by atoms with van der Waals surface area (Å²) in [6, 6.07) is 0. The first-order chi connectivity index (χ1) is 3.15.